The number of nitrogens with zero attached hydrogens (tertiary/aromatic N) is 2. The number of halogens is 2. The van der Waals surface area contributed by atoms with Gasteiger partial charge in [-0.1, -0.05) is 31.2 Å². The number of nitrogens with one attached hydrogen (secondary N) is 1. The van der Waals surface area contributed by atoms with Crippen LogP contribution in [0.4, 0.5) is 8.78 Å². The van der Waals surface area contributed by atoms with Crippen molar-refractivity contribution in [2.24, 2.45) is 0 Å². The number of aryl methyl sites for hydroxylation is 1. The number of carbonyl (C=O) groups excluding carboxylic acids is 1. The van der Waals surface area contributed by atoms with Crippen LogP contribution in [0.15, 0.2) is 42.7 Å². The average Bonchev–Trinajstić information content (AvgIpc) is 2.97. The third kappa shape index (κ3) is 3.68. The first-order chi connectivity index (χ1) is 12.0. The highest BCUT2D eigenvalue weighted by Gasteiger charge is 2.13. The first-order valence-corrected chi connectivity index (χ1v) is 8.16. The van der Waals surface area contributed by atoms with Crippen molar-refractivity contribution in [3.63, 3.8) is 0 Å². The van der Waals surface area contributed by atoms with Gasteiger partial charge in [-0.3, -0.25) is 4.79 Å². The molecule has 0 aliphatic rings. The van der Waals surface area contributed by atoms with Gasteiger partial charge in [0.1, 0.15) is 6.54 Å². The molecule has 1 aromatic heterocycles. The molecule has 0 aliphatic carbocycles. The molecule has 130 valence electrons. The molecule has 1 unspecified atom stereocenters. The maximum absolute atomic E-state index is 13.4. The highest BCUT2D eigenvalue weighted by molar-refractivity contribution is 5.80. The van der Waals surface area contributed by atoms with Crippen molar-refractivity contribution >= 4 is 16.9 Å². The molecule has 0 aliphatic heterocycles. The minimum absolute atomic E-state index is 0.0149. The van der Waals surface area contributed by atoms with Crippen LogP contribution in [0.1, 0.15) is 31.0 Å². The zero-order valence-corrected chi connectivity index (χ0v) is 14.1. The zero-order valence-electron chi connectivity index (χ0n) is 14.1. The molecule has 4 nitrogen and oxygen atoms in total. The number of amides is 1. The second-order valence-corrected chi connectivity index (χ2v) is 6.01. The summed E-state index contributed by atoms with van der Waals surface area (Å²) in [5.74, 6) is -2.14. The van der Waals surface area contributed by atoms with E-state index in [4.69, 9.17) is 0 Å². The van der Waals surface area contributed by atoms with Crippen LogP contribution < -0.4 is 5.32 Å². The highest BCUT2D eigenvalue weighted by Crippen LogP contribution is 2.18. The quantitative estimate of drug-likeness (QED) is 0.767. The van der Waals surface area contributed by atoms with Crippen LogP contribution in [-0.2, 0) is 17.8 Å². The normalized spacial score (nSPS) is 12.3. The van der Waals surface area contributed by atoms with E-state index in [1.807, 2.05) is 31.2 Å². The van der Waals surface area contributed by atoms with Crippen LogP contribution >= 0.6 is 0 Å². The van der Waals surface area contributed by atoms with Crippen molar-refractivity contribution in [2.45, 2.75) is 32.9 Å². The predicted octanol–water partition coefficient (Wildman–Crippen LogP) is 3.75. The van der Waals surface area contributed by atoms with E-state index in [0.29, 0.717) is 11.0 Å². The fourth-order valence-corrected chi connectivity index (χ4v) is 2.75. The maximum atomic E-state index is 13.4. The molecular formula is C19H19F2N3O. The molecule has 0 bridgehead atoms. The number of hydrogen-bond donors (Lipinski definition) is 1. The molecule has 0 spiro atoms. The Bertz CT molecular complexity index is 903. The van der Waals surface area contributed by atoms with Gasteiger partial charge in [-0.2, -0.15) is 0 Å². The van der Waals surface area contributed by atoms with Gasteiger partial charge < -0.3 is 9.88 Å². The van der Waals surface area contributed by atoms with Crippen LogP contribution in [0.5, 0.6) is 0 Å². The fraction of sp³-hybridized carbons (Fsp3) is 0.263. The molecule has 1 heterocycles. The molecule has 2 aromatic carbocycles. The number of carbonyl (C=O) groups is 1. The number of imidazole rings is 1. The number of rotatable bonds is 5. The van der Waals surface area contributed by atoms with Gasteiger partial charge in [-0.05, 0) is 24.5 Å². The van der Waals surface area contributed by atoms with Gasteiger partial charge in [-0.25, -0.2) is 13.8 Å². The van der Waals surface area contributed by atoms with Gasteiger partial charge in [-0.15, -0.1) is 0 Å². The molecule has 3 aromatic rings. The summed E-state index contributed by atoms with van der Waals surface area (Å²) >= 11 is 0. The number of hydrogen-bond acceptors (Lipinski definition) is 2. The average molecular weight is 343 g/mol. The summed E-state index contributed by atoms with van der Waals surface area (Å²) in [5, 5.41) is 2.91. The Morgan fingerprint density at radius 2 is 1.88 bits per heavy atom. The Morgan fingerprint density at radius 3 is 2.56 bits per heavy atom. The van der Waals surface area contributed by atoms with Gasteiger partial charge in [0.25, 0.3) is 0 Å². The van der Waals surface area contributed by atoms with Gasteiger partial charge >= 0.3 is 0 Å². The van der Waals surface area contributed by atoms with Gasteiger partial charge in [0.2, 0.25) is 5.91 Å². The van der Waals surface area contributed by atoms with E-state index in [-0.39, 0.29) is 18.5 Å². The first kappa shape index (κ1) is 17.1. The third-order valence-corrected chi connectivity index (χ3v) is 4.24. The van der Waals surface area contributed by atoms with Crippen LogP contribution in [-0.4, -0.2) is 15.5 Å². The van der Waals surface area contributed by atoms with Crippen molar-refractivity contribution in [2.75, 3.05) is 0 Å². The largest absolute Gasteiger partial charge is 0.348 e. The van der Waals surface area contributed by atoms with Crippen LogP contribution in [0.25, 0.3) is 11.0 Å². The molecule has 0 saturated heterocycles. The third-order valence-electron chi connectivity index (χ3n) is 4.24. The molecule has 0 fully saturated rings. The minimum atomic E-state index is -0.959. The van der Waals surface area contributed by atoms with E-state index >= 15 is 0 Å². The lowest BCUT2D eigenvalue weighted by atomic mass is 10.1. The second-order valence-electron chi connectivity index (χ2n) is 6.01. The molecule has 1 amide bonds. The van der Waals surface area contributed by atoms with Crippen molar-refractivity contribution in [1.82, 2.24) is 14.9 Å². The zero-order chi connectivity index (χ0) is 18.0. The molecule has 25 heavy (non-hydrogen) atoms. The monoisotopic (exact) mass is 343 g/mol. The van der Waals surface area contributed by atoms with Crippen LogP contribution in [0, 0.1) is 11.6 Å². The van der Waals surface area contributed by atoms with Crippen molar-refractivity contribution in [1.29, 1.82) is 0 Å². The molecule has 0 saturated carbocycles. The molecule has 3 rings (SSSR count). The highest BCUT2D eigenvalue weighted by atomic mass is 19.2. The Hall–Kier alpha value is -2.76. The smallest absolute Gasteiger partial charge is 0.240 e. The summed E-state index contributed by atoms with van der Waals surface area (Å²) in [7, 11) is 0. The molecule has 1 N–H and O–H groups in total. The Morgan fingerprint density at radius 1 is 1.20 bits per heavy atom. The minimum Gasteiger partial charge on any atom is -0.348 e. The van der Waals surface area contributed by atoms with E-state index < -0.39 is 11.6 Å². The van der Waals surface area contributed by atoms with Gasteiger partial charge in [0.05, 0.1) is 23.4 Å². The summed E-state index contributed by atoms with van der Waals surface area (Å²) in [4.78, 5) is 16.3. The summed E-state index contributed by atoms with van der Waals surface area (Å²) < 4.78 is 28.2. The lowest BCUT2D eigenvalue weighted by Gasteiger charge is -2.15. The van der Waals surface area contributed by atoms with Crippen LogP contribution in [0.3, 0.4) is 0 Å². The Kier molecular flexibility index (Phi) is 4.79. The van der Waals surface area contributed by atoms with Gasteiger partial charge in [0.15, 0.2) is 11.6 Å². The molecular weight excluding hydrogens is 324 g/mol. The standard InChI is InChI=1S/C19H19F2N3O/c1-3-13-4-6-14(7-5-13)12(2)23-19(25)10-24-11-22-17-8-15(20)16(21)9-18(17)24/h4-9,11-12H,3,10H2,1-2H3,(H,23,25). The first-order valence-electron chi connectivity index (χ1n) is 8.16. The summed E-state index contributed by atoms with van der Waals surface area (Å²) in [5.41, 5.74) is 2.94. The summed E-state index contributed by atoms with van der Waals surface area (Å²) in [6.45, 7) is 3.98. The van der Waals surface area contributed by atoms with Crippen molar-refractivity contribution < 1.29 is 13.6 Å². The predicted molar refractivity (Wildman–Crippen MR) is 92.0 cm³/mol. The van der Waals surface area contributed by atoms with Gasteiger partial charge in [0, 0.05) is 12.1 Å². The topological polar surface area (TPSA) is 46.9 Å². The van der Waals surface area contributed by atoms with E-state index in [2.05, 4.69) is 17.2 Å². The number of aromatic nitrogens is 2. The SMILES string of the molecule is CCc1ccc(C(C)NC(=O)Cn2cnc3cc(F)c(F)cc32)cc1. The number of fused-ring (bicyclic) bond motifs is 1. The van der Waals surface area contributed by atoms with Crippen molar-refractivity contribution in [3.05, 3.63) is 65.5 Å². The van der Waals surface area contributed by atoms with E-state index in [1.165, 1.54) is 16.5 Å². The maximum Gasteiger partial charge on any atom is 0.240 e. The van der Waals surface area contributed by atoms with E-state index in [9.17, 15) is 13.6 Å². The number of benzene rings is 2. The Balaban J connectivity index is 1.70. The van der Waals surface area contributed by atoms with E-state index in [1.54, 1.807) is 0 Å². The molecule has 6 heteroatoms. The Labute approximate surface area is 144 Å². The second kappa shape index (κ2) is 7.01. The fourth-order valence-electron chi connectivity index (χ4n) is 2.75. The summed E-state index contributed by atoms with van der Waals surface area (Å²) in [6.07, 6.45) is 2.37. The summed E-state index contributed by atoms with van der Waals surface area (Å²) in [6, 6.07) is 10.00. The molecule has 1 atom stereocenters. The van der Waals surface area contributed by atoms with Crippen molar-refractivity contribution in [3.8, 4) is 0 Å². The lowest BCUT2D eigenvalue weighted by Crippen LogP contribution is -2.29. The van der Waals surface area contributed by atoms with Crippen LogP contribution in [0.2, 0.25) is 0 Å². The van der Waals surface area contributed by atoms with E-state index in [0.717, 1.165) is 24.1 Å². The lowest BCUT2D eigenvalue weighted by molar-refractivity contribution is -0.122. The molecule has 0 radical (unpaired) electrons.